The molecule has 0 heterocycles. The Bertz CT molecular complexity index is 634. The van der Waals surface area contributed by atoms with E-state index < -0.39 is 18.8 Å². The number of carbonyl (C=O) groups is 1. The fourth-order valence-electron chi connectivity index (χ4n) is 1.61. The van der Waals surface area contributed by atoms with Crippen LogP contribution >= 0.6 is 11.6 Å². The van der Waals surface area contributed by atoms with Crippen LogP contribution in [0, 0.1) is 5.82 Å². The molecule has 0 aliphatic rings. The molecule has 0 atom stereocenters. The number of nitrogens with one attached hydrogen (secondary N) is 1. The summed E-state index contributed by atoms with van der Waals surface area (Å²) in [5.41, 5.74) is 0.799. The van der Waals surface area contributed by atoms with Crippen LogP contribution in [0.5, 0.6) is 0 Å². The van der Waals surface area contributed by atoms with Gasteiger partial charge < -0.3 is 15.4 Å². The van der Waals surface area contributed by atoms with E-state index in [1.807, 2.05) is 0 Å². The Morgan fingerprint density at radius 2 is 1.80 bits per heavy atom. The van der Waals surface area contributed by atoms with Gasteiger partial charge in [0.05, 0.1) is 10.6 Å². The molecule has 4 nitrogen and oxygen atoms in total. The Labute approximate surface area is 120 Å². The molecule has 0 aliphatic heterocycles. The average Bonchev–Trinajstić information content (AvgIpc) is 2.41. The largest absolute Gasteiger partial charge is 0.488 e. The van der Waals surface area contributed by atoms with Crippen molar-refractivity contribution >= 4 is 35.8 Å². The fraction of sp³-hybridized carbons (Fsp3) is 0. The maximum Gasteiger partial charge on any atom is 0.488 e. The van der Waals surface area contributed by atoms with Crippen LogP contribution in [0.2, 0.25) is 5.02 Å². The van der Waals surface area contributed by atoms with E-state index in [-0.39, 0.29) is 16.0 Å². The smallest absolute Gasteiger partial charge is 0.423 e. The molecule has 0 spiro atoms. The first-order valence-electron chi connectivity index (χ1n) is 5.70. The van der Waals surface area contributed by atoms with Gasteiger partial charge in [-0.1, -0.05) is 17.7 Å². The summed E-state index contributed by atoms with van der Waals surface area (Å²) in [5.74, 6) is -0.872. The molecule has 2 rings (SSSR count). The minimum Gasteiger partial charge on any atom is -0.423 e. The summed E-state index contributed by atoms with van der Waals surface area (Å²) < 4.78 is 12.8. The van der Waals surface area contributed by atoms with Crippen molar-refractivity contribution in [2.24, 2.45) is 0 Å². The van der Waals surface area contributed by atoms with E-state index >= 15 is 0 Å². The Morgan fingerprint density at radius 1 is 1.15 bits per heavy atom. The van der Waals surface area contributed by atoms with Crippen LogP contribution in [0.4, 0.5) is 10.1 Å². The zero-order valence-electron chi connectivity index (χ0n) is 10.2. The van der Waals surface area contributed by atoms with Crippen LogP contribution in [0.3, 0.4) is 0 Å². The molecule has 0 aromatic heterocycles. The average molecular weight is 293 g/mol. The normalized spacial score (nSPS) is 10.2. The molecular weight excluding hydrogens is 283 g/mol. The standard InChI is InChI=1S/C13H10BClFNO3/c15-12-7-8(14(19)20)1-6-11(12)13(18)17-10-4-2-9(16)3-5-10/h1-7,19-20H,(H,17,18). The van der Waals surface area contributed by atoms with E-state index in [9.17, 15) is 9.18 Å². The van der Waals surface area contributed by atoms with Crippen molar-refractivity contribution in [3.63, 3.8) is 0 Å². The van der Waals surface area contributed by atoms with Gasteiger partial charge in [-0.2, -0.15) is 0 Å². The van der Waals surface area contributed by atoms with E-state index in [2.05, 4.69) is 5.32 Å². The first kappa shape index (κ1) is 14.5. The minimum atomic E-state index is -1.65. The quantitative estimate of drug-likeness (QED) is 0.750. The first-order chi connectivity index (χ1) is 9.47. The van der Waals surface area contributed by atoms with Crippen LogP contribution in [-0.2, 0) is 0 Å². The van der Waals surface area contributed by atoms with Gasteiger partial charge in [-0.05, 0) is 41.9 Å². The van der Waals surface area contributed by atoms with Crippen molar-refractivity contribution in [3.05, 3.63) is 58.9 Å². The van der Waals surface area contributed by atoms with Gasteiger partial charge in [0.25, 0.3) is 5.91 Å². The van der Waals surface area contributed by atoms with Crippen LogP contribution in [0.1, 0.15) is 10.4 Å². The summed E-state index contributed by atoms with van der Waals surface area (Å²) in [5, 5.41) is 20.7. The van der Waals surface area contributed by atoms with Crippen molar-refractivity contribution in [3.8, 4) is 0 Å². The number of benzene rings is 2. The van der Waals surface area contributed by atoms with Gasteiger partial charge in [0.15, 0.2) is 0 Å². The predicted octanol–water partition coefficient (Wildman–Crippen LogP) is 1.41. The fourth-order valence-corrected chi connectivity index (χ4v) is 1.88. The Morgan fingerprint density at radius 3 is 2.35 bits per heavy atom. The predicted molar refractivity (Wildman–Crippen MR) is 75.6 cm³/mol. The van der Waals surface area contributed by atoms with Crippen molar-refractivity contribution < 1.29 is 19.2 Å². The number of hydrogen-bond acceptors (Lipinski definition) is 3. The molecule has 0 bridgehead atoms. The number of amides is 1. The lowest BCUT2D eigenvalue weighted by atomic mass is 9.80. The number of carbonyl (C=O) groups excluding carboxylic acids is 1. The molecule has 1 amide bonds. The number of hydrogen-bond donors (Lipinski definition) is 3. The maximum atomic E-state index is 12.8. The maximum absolute atomic E-state index is 12.8. The van der Waals surface area contributed by atoms with Gasteiger partial charge in [-0.3, -0.25) is 4.79 Å². The molecule has 7 heteroatoms. The van der Waals surface area contributed by atoms with Gasteiger partial charge in [-0.25, -0.2) is 4.39 Å². The van der Waals surface area contributed by atoms with Crippen molar-refractivity contribution in [2.45, 2.75) is 0 Å². The highest BCUT2D eigenvalue weighted by Crippen LogP contribution is 2.17. The Kier molecular flexibility index (Phi) is 4.39. The van der Waals surface area contributed by atoms with E-state index in [0.29, 0.717) is 5.69 Å². The second-order valence-electron chi connectivity index (χ2n) is 4.07. The third-order valence-electron chi connectivity index (χ3n) is 2.64. The summed E-state index contributed by atoms with van der Waals surface area (Å²) in [7, 11) is -1.65. The topological polar surface area (TPSA) is 69.6 Å². The lowest BCUT2D eigenvalue weighted by molar-refractivity contribution is 0.102. The molecular formula is C13H10BClFNO3. The summed E-state index contributed by atoms with van der Waals surface area (Å²) in [6.07, 6.45) is 0. The molecule has 2 aromatic rings. The molecule has 102 valence electrons. The van der Waals surface area contributed by atoms with E-state index in [1.165, 1.54) is 42.5 Å². The molecule has 0 saturated heterocycles. The summed E-state index contributed by atoms with van der Waals surface area (Å²) in [4.78, 5) is 12.0. The molecule has 0 radical (unpaired) electrons. The molecule has 20 heavy (non-hydrogen) atoms. The van der Waals surface area contributed by atoms with Gasteiger partial charge >= 0.3 is 7.12 Å². The molecule has 0 aliphatic carbocycles. The minimum absolute atomic E-state index is 0.0928. The van der Waals surface area contributed by atoms with Gasteiger partial charge in [0, 0.05) is 5.69 Å². The molecule has 2 aromatic carbocycles. The van der Waals surface area contributed by atoms with Gasteiger partial charge in [0.1, 0.15) is 5.82 Å². The van der Waals surface area contributed by atoms with Crippen molar-refractivity contribution in [1.82, 2.24) is 0 Å². The molecule has 0 fully saturated rings. The lowest BCUT2D eigenvalue weighted by Crippen LogP contribution is -2.30. The highest BCUT2D eigenvalue weighted by atomic mass is 35.5. The number of anilines is 1. The van der Waals surface area contributed by atoms with E-state index in [4.69, 9.17) is 21.6 Å². The number of halogens is 2. The third kappa shape index (κ3) is 3.36. The van der Waals surface area contributed by atoms with E-state index in [0.717, 1.165) is 0 Å². The zero-order chi connectivity index (χ0) is 14.7. The molecule has 0 unspecified atom stereocenters. The summed E-state index contributed by atoms with van der Waals surface area (Å²) >= 11 is 5.92. The Balaban J connectivity index is 2.19. The highest BCUT2D eigenvalue weighted by molar-refractivity contribution is 6.59. The van der Waals surface area contributed by atoms with E-state index in [1.54, 1.807) is 0 Å². The van der Waals surface area contributed by atoms with Gasteiger partial charge in [0.2, 0.25) is 0 Å². The monoisotopic (exact) mass is 293 g/mol. The second kappa shape index (κ2) is 6.05. The highest BCUT2D eigenvalue weighted by Gasteiger charge is 2.16. The SMILES string of the molecule is O=C(Nc1ccc(F)cc1)c1ccc(B(O)O)cc1Cl. The third-order valence-corrected chi connectivity index (χ3v) is 2.95. The van der Waals surface area contributed by atoms with Gasteiger partial charge in [-0.15, -0.1) is 0 Å². The molecule has 3 N–H and O–H groups in total. The second-order valence-corrected chi connectivity index (χ2v) is 4.48. The lowest BCUT2D eigenvalue weighted by Gasteiger charge is -2.08. The first-order valence-corrected chi connectivity index (χ1v) is 6.07. The molecule has 0 saturated carbocycles. The number of rotatable bonds is 3. The van der Waals surface area contributed by atoms with Crippen LogP contribution in [0.25, 0.3) is 0 Å². The van der Waals surface area contributed by atoms with Crippen LogP contribution < -0.4 is 10.8 Å². The van der Waals surface area contributed by atoms with Crippen LogP contribution in [-0.4, -0.2) is 23.1 Å². The van der Waals surface area contributed by atoms with Crippen LogP contribution in [0.15, 0.2) is 42.5 Å². The zero-order valence-corrected chi connectivity index (χ0v) is 10.9. The van der Waals surface area contributed by atoms with Crippen molar-refractivity contribution in [1.29, 1.82) is 0 Å². The summed E-state index contributed by atoms with van der Waals surface area (Å²) in [6.45, 7) is 0. The Hall–Kier alpha value is -1.89. The van der Waals surface area contributed by atoms with Crippen molar-refractivity contribution in [2.75, 3.05) is 5.32 Å². The summed E-state index contributed by atoms with van der Waals surface area (Å²) in [6, 6.07) is 9.36.